The molecule has 2 unspecified atom stereocenters. The van der Waals surface area contributed by atoms with Crippen molar-refractivity contribution >= 4 is 0 Å². The number of nitrogens with zero attached hydrogens (tertiary/aromatic N) is 1. The third kappa shape index (κ3) is 5.38. The van der Waals surface area contributed by atoms with Crippen molar-refractivity contribution in [3.63, 3.8) is 0 Å². The maximum atomic E-state index is 13.0. The summed E-state index contributed by atoms with van der Waals surface area (Å²) in [6.45, 7) is 6.38. The second kappa shape index (κ2) is 9.13. The summed E-state index contributed by atoms with van der Waals surface area (Å²) in [5.41, 5.74) is 3.36. The lowest BCUT2D eigenvalue weighted by atomic mass is 9.69. The molecule has 1 nitrogen and oxygen atoms in total. The van der Waals surface area contributed by atoms with Gasteiger partial charge in [0.15, 0.2) is 0 Å². The molecule has 2 atom stereocenters. The van der Waals surface area contributed by atoms with Crippen LogP contribution >= 0.6 is 0 Å². The molecule has 0 heterocycles. The van der Waals surface area contributed by atoms with E-state index in [0.29, 0.717) is 12.5 Å². The van der Waals surface area contributed by atoms with Crippen molar-refractivity contribution in [1.82, 2.24) is 4.90 Å². The van der Waals surface area contributed by atoms with Crippen LogP contribution in [0.3, 0.4) is 0 Å². The first-order valence-corrected chi connectivity index (χ1v) is 10.3. The van der Waals surface area contributed by atoms with Crippen LogP contribution in [0.15, 0.2) is 54.6 Å². The summed E-state index contributed by atoms with van der Waals surface area (Å²) in [6.07, 6.45) is -1.17. The number of alkyl halides is 3. The molecule has 1 saturated carbocycles. The van der Waals surface area contributed by atoms with Crippen LogP contribution in [0.2, 0.25) is 0 Å². The minimum atomic E-state index is -4.07. The van der Waals surface area contributed by atoms with E-state index in [1.54, 1.807) is 0 Å². The Morgan fingerprint density at radius 2 is 1.61 bits per heavy atom. The molecule has 0 radical (unpaired) electrons. The number of hydrogen-bond donors (Lipinski definition) is 0. The second-order valence-electron chi connectivity index (χ2n) is 8.23. The quantitative estimate of drug-likeness (QED) is 0.492. The van der Waals surface area contributed by atoms with Gasteiger partial charge in [-0.2, -0.15) is 13.2 Å². The van der Waals surface area contributed by atoms with Crippen LogP contribution < -0.4 is 0 Å². The Labute approximate surface area is 166 Å². The van der Waals surface area contributed by atoms with Crippen LogP contribution in [0.4, 0.5) is 13.2 Å². The zero-order chi connectivity index (χ0) is 20.1. The summed E-state index contributed by atoms with van der Waals surface area (Å²) in [7, 11) is 0. The summed E-state index contributed by atoms with van der Waals surface area (Å²) in [5, 5.41) is 0. The van der Waals surface area contributed by atoms with Gasteiger partial charge in [-0.25, -0.2) is 0 Å². The van der Waals surface area contributed by atoms with Gasteiger partial charge >= 0.3 is 6.18 Å². The summed E-state index contributed by atoms with van der Waals surface area (Å²) in [5.74, 6) is -1.51. The number of halogens is 3. The largest absolute Gasteiger partial charge is 0.392 e. The van der Waals surface area contributed by atoms with Gasteiger partial charge in [-0.05, 0) is 68.7 Å². The monoisotopic (exact) mass is 389 g/mol. The highest BCUT2D eigenvalue weighted by Gasteiger charge is 2.50. The van der Waals surface area contributed by atoms with Crippen molar-refractivity contribution in [3.05, 3.63) is 71.3 Å². The number of benzene rings is 2. The van der Waals surface area contributed by atoms with E-state index in [2.05, 4.69) is 43.0 Å². The zero-order valence-corrected chi connectivity index (χ0v) is 16.8. The fourth-order valence-corrected chi connectivity index (χ4v) is 4.05. The Balaban J connectivity index is 1.50. The van der Waals surface area contributed by atoms with Gasteiger partial charge in [-0.3, -0.25) is 4.90 Å². The molecular weight excluding hydrogens is 359 g/mol. The second-order valence-corrected chi connectivity index (χ2v) is 8.23. The molecular formula is C24H30F3N. The van der Waals surface area contributed by atoms with Gasteiger partial charge in [0.05, 0.1) is 5.92 Å². The molecule has 0 amide bonds. The van der Waals surface area contributed by atoms with E-state index in [1.165, 1.54) is 11.1 Å². The van der Waals surface area contributed by atoms with Crippen molar-refractivity contribution in [3.8, 4) is 0 Å². The lowest BCUT2D eigenvalue weighted by molar-refractivity contribution is -0.200. The Morgan fingerprint density at radius 1 is 0.929 bits per heavy atom. The van der Waals surface area contributed by atoms with Gasteiger partial charge in [0.2, 0.25) is 0 Å². The highest BCUT2D eigenvalue weighted by atomic mass is 19.4. The molecule has 1 aliphatic rings. The predicted octanol–water partition coefficient (Wildman–Crippen LogP) is 6.59. The molecule has 0 aliphatic heterocycles. The minimum Gasteiger partial charge on any atom is -0.297 e. The molecule has 0 spiro atoms. The first-order valence-electron chi connectivity index (χ1n) is 10.3. The smallest absolute Gasteiger partial charge is 0.297 e. The van der Waals surface area contributed by atoms with Gasteiger partial charge in [0, 0.05) is 12.6 Å². The molecule has 0 saturated heterocycles. The summed E-state index contributed by atoms with van der Waals surface area (Å²) >= 11 is 0. The summed E-state index contributed by atoms with van der Waals surface area (Å²) in [4.78, 5) is 2.46. The molecule has 4 heteroatoms. The molecule has 0 bridgehead atoms. The Morgan fingerprint density at radius 3 is 2.14 bits per heavy atom. The van der Waals surface area contributed by atoms with Crippen molar-refractivity contribution in [1.29, 1.82) is 0 Å². The third-order valence-electron chi connectivity index (χ3n) is 5.97. The molecule has 152 valence electrons. The van der Waals surface area contributed by atoms with Crippen LogP contribution in [0, 0.1) is 5.92 Å². The SMILES string of the molecule is CC(C)N(CCCc1ccc(C2CCC2C(F)(F)F)cc1)Cc1ccccc1. The molecule has 0 N–H and O–H groups in total. The molecule has 1 fully saturated rings. The highest BCUT2D eigenvalue weighted by Crippen LogP contribution is 2.50. The predicted molar refractivity (Wildman–Crippen MR) is 108 cm³/mol. The fraction of sp³-hybridized carbons (Fsp3) is 0.500. The number of hydrogen-bond acceptors (Lipinski definition) is 1. The fourth-order valence-electron chi connectivity index (χ4n) is 4.05. The maximum Gasteiger partial charge on any atom is 0.392 e. The first-order chi connectivity index (χ1) is 13.3. The van der Waals surface area contributed by atoms with Gasteiger partial charge in [-0.1, -0.05) is 54.6 Å². The van der Waals surface area contributed by atoms with E-state index >= 15 is 0 Å². The molecule has 0 aromatic heterocycles. The van der Waals surface area contributed by atoms with Crippen LogP contribution in [0.25, 0.3) is 0 Å². The maximum absolute atomic E-state index is 13.0. The van der Waals surface area contributed by atoms with E-state index < -0.39 is 12.1 Å². The molecule has 3 rings (SSSR count). The van der Waals surface area contributed by atoms with Crippen molar-refractivity contribution in [2.45, 2.75) is 64.2 Å². The van der Waals surface area contributed by atoms with Gasteiger partial charge in [0.1, 0.15) is 0 Å². The summed E-state index contributed by atoms with van der Waals surface area (Å²) in [6, 6.07) is 18.8. The standard InChI is InChI=1S/C24H30F3N/c1-18(2)28(17-20-7-4-3-5-8-20)16-6-9-19-10-12-21(13-11-19)22-14-15-23(22)24(25,26)27/h3-5,7-8,10-13,18,22-23H,6,9,14-17H2,1-2H3. The third-order valence-corrected chi connectivity index (χ3v) is 5.97. The van der Waals surface area contributed by atoms with Crippen LogP contribution in [0.1, 0.15) is 55.7 Å². The Bertz CT molecular complexity index is 722. The molecule has 2 aromatic carbocycles. The van der Waals surface area contributed by atoms with Crippen molar-refractivity contribution in [2.75, 3.05) is 6.54 Å². The average molecular weight is 390 g/mol. The molecule has 28 heavy (non-hydrogen) atoms. The highest BCUT2D eigenvalue weighted by molar-refractivity contribution is 5.28. The minimum absolute atomic E-state index is 0.266. The van der Waals surface area contributed by atoms with Crippen LogP contribution in [-0.4, -0.2) is 23.7 Å². The van der Waals surface area contributed by atoms with E-state index in [4.69, 9.17) is 0 Å². The van der Waals surface area contributed by atoms with E-state index in [-0.39, 0.29) is 12.3 Å². The lowest BCUT2D eigenvalue weighted by Crippen LogP contribution is -2.36. The summed E-state index contributed by atoms with van der Waals surface area (Å²) < 4.78 is 38.9. The Kier molecular flexibility index (Phi) is 6.82. The molecule has 2 aromatic rings. The van der Waals surface area contributed by atoms with Crippen molar-refractivity contribution < 1.29 is 13.2 Å². The number of aryl methyl sites for hydroxylation is 1. The van der Waals surface area contributed by atoms with Crippen LogP contribution in [0.5, 0.6) is 0 Å². The number of rotatable bonds is 8. The van der Waals surface area contributed by atoms with Crippen LogP contribution in [-0.2, 0) is 13.0 Å². The van der Waals surface area contributed by atoms with E-state index in [9.17, 15) is 13.2 Å². The first kappa shape index (κ1) is 20.9. The molecule has 1 aliphatic carbocycles. The van der Waals surface area contributed by atoms with E-state index in [0.717, 1.165) is 31.5 Å². The van der Waals surface area contributed by atoms with Gasteiger partial charge in [-0.15, -0.1) is 0 Å². The van der Waals surface area contributed by atoms with Gasteiger partial charge in [0.25, 0.3) is 0 Å². The normalized spacial score (nSPS) is 19.8. The topological polar surface area (TPSA) is 3.24 Å². The van der Waals surface area contributed by atoms with E-state index in [1.807, 2.05) is 30.3 Å². The average Bonchev–Trinajstić information content (AvgIpc) is 2.60. The van der Waals surface area contributed by atoms with Crippen molar-refractivity contribution in [2.24, 2.45) is 5.92 Å². The van der Waals surface area contributed by atoms with Gasteiger partial charge < -0.3 is 0 Å². The zero-order valence-electron chi connectivity index (χ0n) is 16.8. The lowest BCUT2D eigenvalue weighted by Gasteiger charge is -2.38. The Hall–Kier alpha value is -1.81.